The topological polar surface area (TPSA) is 58.2 Å². The Hall–Kier alpha value is -3.05. The van der Waals surface area contributed by atoms with Gasteiger partial charge in [-0.15, -0.1) is 11.8 Å². The van der Waals surface area contributed by atoms with Crippen molar-refractivity contribution in [2.45, 2.75) is 18.7 Å². The molecule has 0 spiro atoms. The fourth-order valence-corrected chi connectivity index (χ4v) is 3.29. The highest BCUT2D eigenvalue weighted by Gasteiger charge is 2.07. The number of rotatable bonds is 6. The largest absolute Gasteiger partial charge is 0.325 e. The van der Waals surface area contributed by atoms with Crippen molar-refractivity contribution in [3.63, 3.8) is 0 Å². The fraction of sp³-hybridized carbons (Fsp3) is 0.130. The summed E-state index contributed by atoms with van der Waals surface area (Å²) in [4.78, 5) is 25.4. The first-order valence-electron chi connectivity index (χ1n) is 8.97. The molecule has 0 aliphatic carbocycles. The van der Waals surface area contributed by atoms with Crippen molar-refractivity contribution in [3.05, 3.63) is 89.5 Å². The average Bonchev–Trinajstić information content (AvgIpc) is 2.70. The van der Waals surface area contributed by atoms with Gasteiger partial charge in [-0.25, -0.2) is 0 Å². The van der Waals surface area contributed by atoms with Crippen LogP contribution in [-0.2, 0) is 4.79 Å². The fourth-order valence-electron chi connectivity index (χ4n) is 2.59. The third-order valence-electron chi connectivity index (χ3n) is 4.22. The summed E-state index contributed by atoms with van der Waals surface area (Å²) < 4.78 is 0. The highest BCUT2D eigenvalue weighted by Crippen LogP contribution is 2.21. The van der Waals surface area contributed by atoms with E-state index in [-0.39, 0.29) is 11.8 Å². The lowest BCUT2D eigenvalue weighted by Gasteiger charge is -2.09. The molecule has 0 fully saturated rings. The monoisotopic (exact) mass is 390 g/mol. The number of benzene rings is 3. The second-order valence-electron chi connectivity index (χ2n) is 6.50. The molecule has 0 bridgehead atoms. The van der Waals surface area contributed by atoms with Gasteiger partial charge in [-0.2, -0.15) is 0 Å². The lowest BCUT2D eigenvalue weighted by atomic mass is 10.1. The van der Waals surface area contributed by atoms with E-state index >= 15 is 0 Å². The second kappa shape index (κ2) is 9.24. The molecule has 0 unspecified atom stereocenters. The zero-order valence-corrected chi connectivity index (χ0v) is 16.7. The van der Waals surface area contributed by atoms with Gasteiger partial charge in [0.1, 0.15) is 0 Å². The molecule has 0 heterocycles. The number of anilines is 2. The molecule has 3 aromatic rings. The van der Waals surface area contributed by atoms with Crippen molar-refractivity contribution in [3.8, 4) is 0 Å². The first-order valence-corrected chi connectivity index (χ1v) is 9.96. The van der Waals surface area contributed by atoms with Crippen molar-refractivity contribution in [2.75, 3.05) is 16.4 Å². The number of para-hydroxylation sites is 1. The maximum Gasteiger partial charge on any atom is 0.255 e. The third kappa shape index (κ3) is 5.47. The minimum Gasteiger partial charge on any atom is -0.325 e. The zero-order chi connectivity index (χ0) is 19.9. The summed E-state index contributed by atoms with van der Waals surface area (Å²) in [5.41, 5.74) is 4.33. The smallest absolute Gasteiger partial charge is 0.255 e. The molecule has 0 aliphatic rings. The molecule has 2 N–H and O–H groups in total. The van der Waals surface area contributed by atoms with Gasteiger partial charge in [-0.3, -0.25) is 9.59 Å². The van der Waals surface area contributed by atoms with Crippen molar-refractivity contribution in [1.29, 1.82) is 0 Å². The third-order valence-corrected chi connectivity index (χ3v) is 5.23. The quantitative estimate of drug-likeness (QED) is 0.563. The summed E-state index contributed by atoms with van der Waals surface area (Å²) in [6.07, 6.45) is 0. The number of nitrogens with one attached hydrogen (secondary N) is 2. The molecule has 0 aromatic heterocycles. The number of aryl methyl sites for hydroxylation is 2. The Morgan fingerprint density at radius 2 is 1.50 bits per heavy atom. The molecular formula is C23H22N2O2S. The van der Waals surface area contributed by atoms with Crippen molar-refractivity contribution < 1.29 is 9.59 Å². The Bertz CT molecular complexity index is 967. The number of carbonyl (C=O) groups is 2. The van der Waals surface area contributed by atoms with Crippen LogP contribution in [0.1, 0.15) is 21.5 Å². The van der Waals surface area contributed by atoms with Crippen LogP contribution >= 0.6 is 11.8 Å². The summed E-state index contributed by atoms with van der Waals surface area (Å²) in [6.45, 7) is 3.95. The van der Waals surface area contributed by atoms with E-state index in [9.17, 15) is 9.59 Å². The van der Waals surface area contributed by atoms with E-state index in [2.05, 4.69) is 10.6 Å². The Labute approximate surface area is 169 Å². The van der Waals surface area contributed by atoms with Gasteiger partial charge < -0.3 is 10.6 Å². The molecule has 5 heteroatoms. The first-order chi connectivity index (χ1) is 13.5. The summed E-state index contributed by atoms with van der Waals surface area (Å²) in [5, 5.41) is 5.80. The molecule has 0 radical (unpaired) electrons. The molecule has 0 saturated carbocycles. The predicted molar refractivity (Wildman–Crippen MR) is 116 cm³/mol. The first kappa shape index (κ1) is 19.7. The summed E-state index contributed by atoms with van der Waals surface area (Å²) in [5.74, 6) is 0.137. The minimum absolute atomic E-state index is 0.0453. The lowest BCUT2D eigenvalue weighted by Crippen LogP contribution is -2.14. The second-order valence-corrected chi connectivity index (χ2v) is 7.55. The molecular weight excluding hydrogens is 368 g/mol. The number of thioether (sulfide) groups is 1. The van der Waals surface area contributed by atoms with E-state index in [0.29, 0.717) is 11.3 Å². The zero-order valence-electron chi connectivity index (χ0n) is 15.9. The van der Waals surface area contributed by atoms with E-state index in [1.807, 2.05) is 86.6 Å². The maximum atomic E-state index is 12.3. The highest BCUT2D eigenvalue weighted by atomic mass is 32.2. The van der Waals surface area contributed by atoms with Crippen molar-refractivity contribution >= 4 is 35.0 Å². The van der Waals surface area contributed by atoms with Gasteiger partial charge in [-0.05, 0) is 61.9 Å². The molecule has 4 nitrogen and oxygen atoms in total. The van der Waals surface area contributed by atoms with Crippen LogP contribution < -0.4 is 10.6 Å². The lowest BCUT2D eigenvalue weighted by molar-refractivity contribution is -0.113. The van der Waals surface area contributed by atoms with Crippen molar-refractivity contribution in [2.24, 2.45) is 0 Å². The van der Waals surface area contributed by atoms with Gasteiger partial charge in [0.25, 0.3) is 5.91 Å². The summed E-state index contributed by atoms with van der Waals surface area (Å²) >= 11 is 1.45. The number of hydrogen-bond acceptors (Lipinski definition) is 3. The average molecular weight is 391 g/mol. The molecule has 3 aromatic carbocycles. The van der Waals surface area contributed by atoms with Crippen LogP contribution in [0.5, 0.6) is 0 Å². The maximum absolute atomic E-state index is 12.3. The SMILES string of the molecule is Cc1ccc(C(=O)Nc2ccc(SCC(=O)Nc3ccccc3C)cc2)cc1. The molecule has 0 atom stereocenters. The van der Waals surface area contributed by atoms with Crippen LogP contribution in [0.2, 0.25) is 0 Å². The number of amides is 2. The van der Waals surface area contributed by atoms with Crippen LogP contribution in [0.4, 0.5) is 11.4 Å². The molecule has 28 heavy (non-hydrogen) atoms. The minimum atomic E-state index is -0.141. The highest BCUT2D eigenvalue weighted by molar-refractivity contribution is 8.00. The van der Waals surface area contributed by atoms with E-state index in [0.717, 1.165) is 27.4 Å². The number of hydrogen-bond donors (Lipinski definition) is 2. The normalized spacial score (nSPS) is 10.4. The molecule has 142 valence electrons. The van der Waals surface area contributed by atoms with Gasteiger partial charge in [-0.1, -0.05) is 35.9 Å². The van der Waals surface area contributed by atoms with Crippen LogP contribution in [0.25, 0.3) is 0 Å². The molecule has 3 rings (SSSR count). The Balaban J connectivity index is 1.51. The van der Waals surface area contributed by atoms with Crippen LogP contribution in [0, 0.1) is 13.8 Å². The van der Waals surface area contributed by atoms with Gasteiger partial charge in [0.05, 0.1) is 5.75 Å². The Morgan fingerprint density at radius 3 is 2.18 bits per heavy atom. The molecule has 2 amide bonds. The van der Waals surface area contributed by atoms with E-state index in [4.69, 9.17) is 0 Å². The van der Waals surface area contributed by atoms with E-state index < -0.39 is 0 Å². The summed E-state index contributed by atoms with van der Waals surface area (Å²) in [7, 11) is 0. The Kier molecular flexibility index (Phi) is 6.50. The standard InChI is InChI=1S/C23H22N2O2S/c1-16-7-9-18(10-8-16)23(27)24-19-11-13-20(14-12-19)28-15-22(26)25-21-6-4-3-5-17(21)2/h3-14H,15H2,1-2H3,(H,24,27)(H,25,26). The van der Waals surface area contributed by atoms with Crippen LogP contribution in [-0.4, -0.2) is 17.6 Å². The number of carbonyl (C=O) groups excluding carboxylic acids is 2. The molecule has 0 aliphatic heterocycles. The van der Waals surface area contributed by atoms with Crippen LogP contribution in [0.15, 0.2) is 77.7 Å². The van der Waals surface area contributed by atoms with E-state index in [1.165, 1.54) is 11.8 Å². The van der Waals surface area contributed by atoms with Gasteiger partial charge in [0.2, 0.25) is 5.91 Å². The predicted octanol–water partition coefficient (Wildman–Crippen LogP) is 5.29. The van der Waals surface area contributed by atoms with Crippen molar-refractivity contribution in [1.82, 2.24) is 0 Å². The van der Waals surface area contributed by atoms with E-state index in [1.54, 1.807) is 0 Å². The summed E-state index contributed by atoms with van der Waals surface area (Å²) in [6, 6.07) is 22.6. The van der Waals surface area contributed by atoms with Gasteiger partial charge in [0.15, 0.2) is 0 Å². The van der Waals surface area contributed by atoms with Gasteiger partial charge >= 0.3 is 0 Å². The Morgan fingerprint density at radius 1 is 0.821 bits per heavy atom. The van der Waals surface area contributed by atoms with Gasteiger partial charge in [0, 0.05) is 21.8 Å². The molecule has 0 saturated heterocycles. The van der Waals surface area contributed by atoms with Crippen LogP contribution in [0.3, 0.4) is 0 Å².